The molecule has 5 nitrogen and oxygen atoms in total. The summed E-state index contributed by atoms with van der Waals surface area (Å²) in [7, 11) is 0. The van der Waals surface area contributed by atoms with Gasteiger partial charge in [0.2, 0.25) is 0 Å². The summed E-state index contributed by atoms with van der Waals surface area (Å²) in [4.78, 5) is 7.38. The number of fused-ring (bicyclic) bond motifs is 2. The van der Waals surface area contributed by atoms with Crippen LogP contribution < -0.4 is 0 Å². The van der Waals surface area contributed by atoms with E-state index in [2.05, 4.69) is 57.2 Å². The fraction of sp³-hybridized carbons (Fsp3) is 0.526. The summed E-state index contributed by atoms with van der Waals surface area (Å²) in [5.41, 5.74) is 6.04. The average Bonchev–Trinajstić information content (AvgIpc) is 3.17. The van der Waals surface area contributed by atoms with Gasteiger partial charge in [0, 0.05) is 26.2 Å². The molecule has 0 fully saturated rings. The molecule has 0 aliphatic carbocycles. The quantitative estimate of drug-likeness (QED) is 0.698. The van der Waals surface area contributed by atoms with E-state index in [1.165, 1.54) is 40.9 Å². The van der Waals surface area contributed by atoms with Crippen molar-refractivity contribution in [1.29, 1.82) is 0 Å². The van der Waals surface area contributed by atoms with Gasteiger partial charge in [-0.3, -0.25) is 4.90 Å². The number of hydrogen-bond donors (Lipinski definition) is 0. The summed E-state index contributed by atoms with van der Waals surface area (Å²) in [5.74, 6) is 1.89. The van der Waals surface area contributed by atoms with E-state index in [4.69, 9.17) is 4.98 Å². The number of rotatable bonds is 5. The average molecular weight is 356 g/mol. The van der Waals surface area contributed by atoms with Crippen molar-refractivity contribution in [3.05, 3.63) is 41.0 Å². The second-order valence-corrected chi connectivity index (χ2v) is 7.96. The maximum atomic E-state index is 4.86. The lowest BCUT2D eigenvalue weighted by molar-refractivity contribution is 0.211. The third-order valence-electron chi connectivity index (χ3n) is 5.04. The first-order chi connectivity index (χ1) is 12.1. The Hall–Kier alpha value is -1.79. The van der Waals surface area contributed by atoms with Crippen LogP contribution in [0.15, 0.2) is 18.2 Å². The van der Waals surface area contributed by atoms with Gasteiger partial charge < -0.3 is 4.57 Å². The van der Waals surface area contributed by atoms with Crippen molar-refractivity contribution in [3.63, 3.8) is 0 Å². The maximum absolute atomic E-state index is 4.86. The van der Waals surface area contributed by atoms with Crippen LogP contribution in [0.4, 0.5) is 0 Å². The van der Waals surface area contributed by atoms with Crippen LogP contribution in [0.2, 0.25) is 0 Å². The van der Waals surface area contributed by atoms with E-state index >= 15 is 0 Å². The van der Waals surface area contributed by atoms with Gasteiger partial charge in [-0.25, -0.2) is 4.98 Å². The Morgan fingerprint density at radius 2 is 2.00 bits per heavy atom. The summed E-state index contributed by atoms with van der Waals surface area (Å²) < 4.78 is 11.1. The largest absolute Gasteiger partial charge is 0.330 e. The zero-order valence-electron chi connectivity index (χ0n) is 15.2. The Kier molecular flexibility index (Phi) is 4.56. The van der Waals surface area contributed by atoms with Gasteiger partial charge in [0.05, 0.1) is 23.1 Å². The smallest absolute Gasteiger partial charge is 0.106 e. The minimum absolute atomic E-state index is 0.718. The van der Waals surface area contributed by atoms with Crippen LogP contribution in [0.1, 0.15) is 43.0 Å². The van der Waals surface area contributed by atoms with Crippen molar-refractivity contribution in [2.24, 2.45) is 5.92 Å². The van der Waals surface area contributed by atoms with Crippen molar-refractivity contribution in [1.82, 2.24) is 23.2 Å². The number of benzene rings is 1. The predicted molar refractivity (Wildman–Crippen MR) is 102 cm³/mol. The highest BCUT2D eigenvalue weighted by Gasteiger charge is 2.22. The Morgan fingerprint density at radius 1 is 1.16 bits per heavy atom. The molecule has 0 saturated carbocycles. The maximum Gasteiger partial charge on any atom is 0.106 e. The second kappa shape index (κ2) is 6.84. The van der Waals surface area contributed by atoms with Crippen molar-refractivity contribution < 1.29 is 0 Å². The van der Waals surface area contributed by atoms with E-state index in [-0.39, 0.29) is 0 Å². The second-order valence-electron chi connectivity index (χ2n) is 7.43. The van der Waals surface area contributed by atoms with E-state index < -0.39 is 0 Å². The van der Waals surface area contributed by atoms with Crippen LogP contribution in [0.3, 0.4) is 0 Å². The predicted octanol–water partition coefficient (Wildman–Crippen LogP) is 3.80. The highest BCUT2D eigenvalue weighted by atomic mass is 32.1. The van der Waals surface area contributed by atoms with Crippen LogP contribution in [-0.4, -0.2) is 29.7 Å². The Morgan fingerprint density at radius 3 is 2.84 bits per heavy atom. The molecule has 0 saturated heterocycles. The molecule has 4 rings (SSSR count). The highest BCUT2D eigenvalue weighted by molar-refractivity contribution is 7.00. The molecule has 0 N–H and O–H groups in total. The molecular formula is C19H25N5S. The molecule has 1 aromatic carbocycles. The van der Waals surface area contributed by atoms with Crippen molar-refractivity contribution >= 4 is 22.8 Å². The van der Waals surface area contributed by atoms with Crippen LogP contribution >= 0.6 is 11.7 Å². The van der Waals surface area contributed by atoms with Gasteiger partial charge in [-0.2, -0.15) is 8.75 Å². The van der Waals surface area contributed by atoms with Crippen LogP contribution in [0.25, 0.3) is 11.0 Å². The molecular weight excluding hydrogens is 330 g/mol. The lowest BCUT2D eigenvalue weighted by Crippen LogP contribution is -2.33. The summed E-state index contributed by atoms with van der Waals surface area (Å²) >= 11 is 1.29. The molecule has 0 radical (unpaired) electrons. The number of aromatic nitrogens is 4. The van der Waals surface area contributed by atoms with Gasteiger partial charge in [-0.1, -0.05) is 19.9 Å². The minimum atomic E-state index is 0.718. The van der Waals surface area contributed by atoms with Crippen molar-refractivity contribution in [3.8, 4) is 0 Å². The molecule has 0 bridgehead atoms. The zero-order chi connectivity index (χ0) is 17.4. The fourth-order valence-electron chi connectivity index (χ4n) is 3.62. The van der Waals surface area contributed by atoms with Gasteiger partial charge >= 0.3 is 0 Å². The molecule has 0 amide bonds. The summed E-state index contributed by atoms with van der Waals surface area (Å²) in [6.45, 7) is 10.8. The number of hydrogen-bond acceptors (Lipinski definition) is 5. The van der Waals surface area contributed by atoms with E-state index in [0.29, 0.717) is 0 Å². The van der Waals surface area contributed by atoms with Gasteiger partial charge in [-0.05, 0) is 43.4 Å². The van der Waals surface area contributed by atoms with Gasteiger partial charge in [0.15, 0.2) is 0 Å². The molecule has 1 aliphatic heterocycles. The molecule has 1 aliphatic rings. The molecule has 2 aromatic heterocycles. The number of nitrogens with zero attached hydrogens (tertiary/aromatic N) is 5. The molecule has 3 heterocycles. The Bertz CT molecular complexity index is 879. The van der Waals surface area contributed by atoms with E-state index in [9.17, 15) is 0 Å². The molecule has 25 heavy (non-hydrogen) atoms. The minimum Gasteiger partial charge on any atom is -0.330 e. The van der Waals surface area contributed by atoms with Crippen LogP contribution in [0.5, 0.6) is 0 Å². The topological polar surface area (TPSA) is 46.8 Å². The summed E-state index contributed by atoms with van der Waals surface area (Å²) in [5, 5.41) is 0. The van der Waals surface area contributed by atoms with E-state index in [1.807, 2.05) is 0 Å². The normalized spacial score (nSPS) is 15.2. The molecule has 0 spiro atoms. The SMILES string of the molecule is Cc1nc(CCC(C)C)c2n1CCN(Cc1ccc3nsnc3c1)C2. The third kappa shape index (κ3) is 3.46. The lowest BCUT2D eigenvalue weighted by Gasteiger charge is -2.29. The highest BCUT2D eigenvalue weighted by Crippen LogP contribution is 2.23. The summed E-state index contributed by atoms with van der Waals surface area (Å²) in [6.07, 6.45) is 2.29. The molecule has 0 atom stereocenters. The van der Waals surface area contributed by atoms with Crippen molar-refractivity contribution in [2.45, 2.75) is 53.2 Å². The van der Waals surface area contributed by atoms with Crippen LogP contribution in [-0.2, 0) is 26.1 Å². The summed E-state index contributed by atoms with van der Waals surface area (Å²) in [6, 6.07) is 6.44. The van der Waals surface area contributed by atoms with Crippen LogP contribution in [0, 0.1) is 12.8 Å². The molecule has 132 valence electrons. The standard InChI is InChI=1S/C19H25N5S/c1-13(2)4-6-17-19-12-23(8-9-24(19)14(3)20-17)11-15-5-7-16-18(10-15)22-25-21-16/h5,7,10,13H,4,6,8-9,11-12H2,1-3H3. The third-order valence-corrected chi connectivity index (χ3v) is 5.60. The molecule has 6 heteroatoms. The van der Waals surface area contributed by atoms with E-state index in [0.717, 1.165) is 49.6 Å². The Labute approximate surface area is 153 Å². The lowest BCUT2D eigenvalue weighted by atomic mass is 10.0. The van der Waals surface area contributed by atoms with Crippen molar-refractivity contribution in [2.75, 3.05) is 6.54 Å². The monoisotopic (exact) mass is 355 g/mol. The molecule has 0 unspecified atom stereocenters. The van der Waals surface area contributed by atoms with Gasteiger partial charge in [0.1, 0.15) is 16.9 Å². The van der Waals surface area contributed by atoms with E-state index in [1.54, 1.807) is 0 Å². The fourth-order valence-corrected chi connectivity index (χ4v) is 4.14. The van der Waals surface area contributed by atoms with Gasteiger partial charge in [-0.15, -0.1) is 0 Å². The zero-order valence-corrected chi connectivity index (χ0v) is 16.0. The Balaban J connectivity index is 1.51. The first-order valence-corrected chi connectivity index (χ1v) is 9.81. The number of aryl methyl sites for hydroxylation is 2. The molecule has 3 aromatic rings. The number of imidazole rings is 1. The first-order valence-electron chi connectivity index (χ1n) is 9.08. The van der Waals surface area contributed by atoms with Gasteiger partial charge in [0.25, 0.3) is 0 Å². The first kappa shape index (κ1) is 16.7.